The number of carbonyl (C=O) groups excluding carboxylic acids is 1. The average molecular weight is 272 g/mol. The van der Waals surface area contributed by atoms with Crippen molar-refractivity contribution in [2.24, 2.45) is 0 Å². The number of rotatable bonds is 3. The molecule has 1 amide bonds. The van der Waals surface area contributed by atoms with E-state index in [1.54, 1.807) is 6.07 Å². The molecular formula is C13H15F3N2O. The van der Waals surface area contributed by atoms with Crippen LogP contribution in [-0.4, -0.2) is 18.5 Å². The number of nitrogens with one attached hydrogen (secondary N) is 2. The zero-order valence-electron chi connectivity index (χ0n) is 10.3. The third-order valence-electron chi connectivity index (χ3n) is 3.10. The van der Waals surface area contributed by atoms with Gasteiger partial charge in [-0.1, -0.05) is 12.1 Å². The van der Waals surface area contributed by atoms with Gasteiger partial charge in [-0.05, 0) is 37.1 Å². The van der Waals surface area contributed by atoms with Gasteiger partial charge in [0.1, 0.15) is 0 Å². The second-order valence-corrected chi connectivity index (χ2v) is 4.56. The summed E-state index contributed by atoms with van der Waals surface area (Å²) in [5.41, 5.74) is -0.251. The van der Waals surface area contributed by atoms with Gasteiger partial charge in [-0.3, -0.25) is 4.79 Å². The van der Waals surface area contributed by atoms with E-state index in [1.165, 1.54) is 6.07 Å². The SMILES string of the molecule is O=C(NCc1cccc(C(F)(F)F)c1)C1CCCN1. The van der Waals surface area contributed by atoms with Crippen LogP contribution in [-0.2, 0) is 17.5 Å². The molecule has 1 aliphatic heterocycles. The lowest BCUT2D eigenvalue weighted by atomic mass is 10.1. The first-order chi connectivity index (χ1) is 8.97. The number of alkyl halides is 3. The Balaban J connectivity index is 1.94. The van der Waals surface area contributed by atoms with Crippen LogP contribution in [0.3, 0.4) is 0 Å². The van der Waals surface area contributed by atoms with Gasteiger partial charge in [0, 0.05) is 6.54 Å². The van der Waals surface area contributed by atoms with Crippen molar-refractivity contribution in [1.29, 1.82) is 0 Å². The van der Waals surface area contributed by atoms with E-state index in [0.29, 0.717) is 5.56 Å². The summed E-state index contributed by atoms with van der Waals surface area (Å²) in [5.74, 6) is -0.157. The molecule has 1 saturated heterocycles. The van der Waals surface area contributed by atoms with Crippen LogP contribution < -0.4 is 10.6 Å². The third kappa shape index (κ3) is 3.70. The second-order valence-electron chi connectivity index (χ2n) is 4.56. The van der Waals surface area contributed by atoms with Crippen LogP contribution in [0.4, 0.5) is 13.2 Å². The van der Waals surface area contributed by atoms with Crippen molar-refractivity contribution in [1.82, 2.24) is 10.6 Å². The monoisotopic (exact) mass is 272 g/mol. The largest absolute Gasteiger partial charge is 0.416 e. The predicted octanol–water partition coefficient (Wildman–Crippen LogP) is 2.07. The maximum Gasteiger partial charge on any atom is 0.416 e. The van der Waals surface area contributed by atoms with Crippen molar-refractivity contribution >= 4 is 5.91 Å². The Bertz CT molecular complexity index is 453. The Hall–Kier alpha value is -1.56. The molecule has 3 nitrogen and oxygen atoms in total. The standard InChI is InChI=1S/C13H15F3N2O/c14-13(15,16)10-4-1-3-9(7-10)8-18-12(19)11-5-2-6-17-11/h1,3-4,7,11,17H,2,5-6,8H2,(H,18,19). The second kappa shape index (κ2) is 5.61. The number of amides is 1. The molecule has 1 atom stereocenters. The van der Waals surface area contributed by atoms with Gasteiger partial charge in [-0.25, -0.2) is 0 Å². The minimum atomic E-state index is -4.35. The Morgan fingerprint density at radius 1 is 1.42 bits per heavy atom. The summed E-state index contributed by atoms with van der Waals surface area (Å²) in [5, 5.41) is 5.69. The zero-order chi connectivity index (χ0) is 13.9. The Kier molecular flexibility index (Phi) is 4.09. The molecular weight excluding hydrogens is 257 g/mol. The first-order valence-electron chi connectivity index (χ1n) is 6.14. The normalized spacial score (nSPS) is 19.4. The highest BCUT2D eigenvalue weighted by atomic mass is 19.4. The molecule has 0 spiro atoms. The molecule has 2 N–H and O–H groups in total. The lowest BCUT2D eigenvalue weighted by Crippen LogP contribution is -2.40. The van der Waals surface area contributed by atoms with E-state index in [2.05, 4.69) is 10.6 Å². The lowest BCUT2D eigenvalue weighted by Gasteiger charge is -2.12. The van der Waals surface area contributed by atoms with E-state index >= 15 is 0 Å². The number of benzene rings is 1. The summed E-state index contributed by atoms with van der Waals surface area (Å²) in [6.07, 6.45) is -2.64. The predicted molar refractivity (Wildman–Crippen MR) is 64.3 cm³/mol. The van der Waals surface area contributed by atoms with Crippen LogP contribution in [0.2, 0.25) is 0 Å². The minimum absolute atomic E-state index is 0.112. The highest BCUT2D eigenvalue weighted by Gasteiger charge is 2.30. The van der Waals surface area contributed by atoms with Crippen molar-refractivity contribution in [3.63, 3.8) is 0 Å². The number of hydrogen-bond donors (Lipinski definition) is 2. The van der Waals surface area contributed by atoms with Crippen LogP contribution in [0, 0.1) is 0 Å². The van der Waals surface area contributed by atoms with Crippen molar-refractivity contribution in [3.05, 3.63) is 35.4 Å². The smallest absolute Gasteiger partial charge is 0.351 e. The van der Waals surface area contributed by atoms with Crippen LogP contribution in [0.25, 0.3) is 0 Å². The maximum atomic E-state index is 12.5. The minimum Gasteiger partial charge on any atom is -0.351 e. The van der Waals surface area contributed by atoms with E-state index in [4.69, 9.17) is 0 Å². The van der Waals surface area contributed by atoms with E-state index < -0.39 is 11.7 Å². The Morgan fingerprint density at radius 2 is 2.21 bits per heavy atom. The molecule has 1 aliphatic rings. The first kappa shape index (κ1) is 13.9. The van der Waals surface area contributed by atoms with Gasteiger partial charge in [-0.15, -0.1) is 0 Å². The highest BCUT2D eigenvalue weighted by Crippen LogP contribution is 2.29. The first-order valence-corrected chi connectivity index (χ1v) is 6.14. The van der Waals surface area contributed by atoms with Crippen molar-refractivity contribution in [2.75, 3.05) is 6.54 Å². The fourth-order valence-electron chi connectivity index (χ4n) is 2.08. The summed E-state index contributed by atoms with van der Waals surface area (Å²) in [6, 6.07) is 4.77. The molecule has 0 radical (unpaired) electrons. The van der Waals surface area contributed by atoms with Gasteiger partial charge >= 0.3 is 6.18 Å². The van der Waals surface area contributed by atoms with Crippen molar-refractivity contribution in [3.8, 4) is 0 Å². The fourth-order valence-corrected chi connectivity index (χ4v) is 2.08. The third-order valence-corrected chi connectivity index (χ3v) is 3.10. The van der Waals surface area contributed by atoms with Gasteiger partial charge in [0.05, 0.1) is 11.6 Å². The van der Waals surface area contributed by atoms with Gasteiger partial charge in [0.2, 0.25) is 5.91 Å². The van der Waals surface area contributed by atoms with Crippen molar-refractivity contribution in [2.45, 2.75) is 31.6 Å². The number of carbonyl (C=O) groups is 1. The molecule has 0 aromatic heterocycles. The van der Waals surface area contributed by atoms with Gasteiger partial charge < -0.3 is 10.6 Å². The van der Waals surface area contributed by atoms with Gasteiger partial charge in [0.25, 0.3) is 0 Å². The molecule has 1 fully saturated rings. The summed E-state index contributed by atoms with van der Waals surface area (Å²) in [7, 11) is 0. The molecule has 0 aliphatic carbocycles. The van der Waals surface area contributed by atoms with Gasteiger partial charge in [0.15, 0.2) is 0 Å². The molecule has 1 aromatic rings. The Labute approximate surface area is 109 Å². The molecule has 0 saturated carbocycles. The Morgan fingerprint density at radius 3 is 2.84 bits per heavy atom. The van der Waals surface area contributed by atoms with E-state index in [-0.39, 0.29) is 18.5 Å². The average Bonchev–Trinajstić information content (AvgIpc) is 2.89. The van der Waals surface area contributed by atoms with Crippen molar-refractivity contribution < 1.29 is 18.0 Å². The number of hydrogen-bond acceptors (Lipinski definition) is 2. The molecule has 6 heteroatoms. The van der Waals surface area contributed by atoms with E-state index in [1.807, 2.05) is 0 Å². The molecule has 2 rings (SSSR count). The molecule has 19 heavy (non-hydrogen) atoms. The topological polar surface area (TPSA) is 41.1 Å². The zero-order valence-corrected chi connectivity index (χ0v) is 10.3. The highest BCUT2D eigenvalue weighted by molar-refractivity contribution is 5.81. The van der Waals surface area contributed by atoms with Crippen LogP contribution in [0.5, 0.6) is 0 Å². The molecule has 1 heterocycles. The van der Waals surface area contributed by atoms with Gasteiger partial charge in [-0.2, -0.15) is 13.2 Å². The summed E-state index contributed by atoms with van der Waals surface area (Å²) in [4.78, 5) is 11.7. The fraction of sp³-hybridized carbons (Fsp3) is 0.462. The molecule has 0 bridgehead atoms. The lowest BCUT2D eigenvalue weighted by molar-refractivity contribution is -0.137. The van der Waals surface area contributed by atoms with E-state index in [0.717, 1.165) is 31.5 Å². The van der Waals surface area contributed by atoms with Crippen LogP contribution >= 0.6 is 0 Å². The van der Waals surface area contributed by atoms with E-state index in [9.17, 15) is 18.0 Å². The maximum absolute atomic E-state index is 12.5. The number of halogens is 3. The molecule has 104 valence electrons. The quantitative estimate of drug-likeness (QED) is 0.884. The summed E-state index contributed by atoms with van der Waals surface area (Å²) >= 11 is 0. The molecule has 1 aromatic carbocycles. The van der Waals surface area contributed by atoms with Crippen LogP contribution in [0.1, 0.15) is 24.0 Å². The molecule has 1 unspecified atom stereocenters. The van der Waals surface area contributed by atoms with Crippen LogP contribution in [0.15, 0.2) is 24.3 Å². The summed E-state index contributed by atoms with van der Waals surface area (Å²) in [6.45, 7) is 0.919. The summed E-state index contributed by atoms with van der Waals surface area (Å²) < 4.78 is 37.5.